The zero-order chi connectivity index (χ0) is 21.7. The highest BCUT2D eigenvalue weighted by atomic mass is 16.3. The second kappa shape index (κ2) is 9.91. The fraction of sp³-hybridized carbons (Fsp3) is 0.519. The van der Waals surface area contributed by atoms with Gasteiger partial charge in [0.1, 0.15) is 5.70 Å². The number of allylic oxidation sites excluding steroid dienone is 2. The summed E-state index contributed by atoms with van der Waals surface area (Å²) in [6.07, 6.45) is 17.7. The van der Waals surface area contributed by atoms with Crippen LogP contribution in [0.15, 0.2) is 46.8 Å². The molecule has 0 bridgehead atoms. The van der Waals surface area contributed by atoms with Crippen LogP contribution in [0.5, 0.6) is 0 Å². The number of benzene rings is 1. The van der Waals surface area contributed by atoms with Gasteiger partial charge in [-0.3, -0.25) is 4.79 Å². The van der Waals surface area contributed by atoms with Gasteiger partial charge in [-0.1, -0.05) is 42.8 Å². The lowest BCUT2D eigenvalue weighted by Gasteiger charge is -2.26. The van der Waals surface area contributed by atoms with Crippen molar-refractivity contribution in [3.63, 3.8) is 0 Å². The Hall–Kier alpha value is -2.26. The number of Topliss-reactive ketones (excluding diaryl/α,β-unsaturated/α-hetero) is 1. The number of nitrogens with zero attached hydrogens (tertiary/aromatic N) is 1. The molecule has 4 nitrogen and oxygen atoms in total. The number of ketones is 1. The predicted octanol–water partition coefficient (Wildman–Crippen LogP) is 4.97. The van der Waals surface area contributed by atoms with E-state index < -0.39 is 0 Å². The molecule has 4 heteroatoms. The van der Waals surface area contributed by atoms with Crippen molar-refractivity contribution in [1.82, 2.24) is 0 Å². The molecule has 4 rings (SSSR count). The normalized spacial score (nSPS) is 24.8. The van der Waals surface area contributed by atoms with Gasteiger partial charge in [0.25, 0.3) is 0 Å². The third-order valence-electron chi connectivity index (χ3n) is 7.33. The van der Waals surface area contributed by atoms with Crippen LogP contribution in [0.25, 0.3) is 6.08 Å². The Bertz CT molecular complexity index is 922. The molecule has 0 spiro atoms. The molecule has 3 aliphatic rings. The first-order valence-electron chi connectivity index (χ1n) is 11.8. The summed E-state index contributed by atoms with van der Waals surface area (Å²) >= 11 is 0. The lowest BCUT2D eigenvalue weighted by Crippen LogP contribution is -2.22. The zero-order valence-electron chi connectivity index (χ0n) is 18.3. The lowest BCUT2D eigenvalue weighted by molar-refractivity contribution is 0.0892. The summed E-state index contributed by atoms with van der Waals surface area (Å²) < 4.78 is 0. The third-order valence-corrected chi connectivity index (χ3v) is 7.33. The zero-order valence-corrected chi connectivity index (χ0v) is 18.3. The molecule has 31 heavy (non-hydrogen) atoms. The van der Waals surface area contributed by atoms with Gasteiger partial charge in [-0.15, -0.1) is 0 Å². The van der Waals surface area contributed by atoms with Crippen molar-refractivity contribution in [3.05, 3.63) is 58.5 Å². The number of fused-ring (bicyclic) bond motifs is 1. The van der Waals surface area contributed by atoms with Gasteiger partial charge >= 0.3 is 0 Å². The molecule has 1 heterocycles. The standard InChI is InChI=1S/C27H33NO3/c29-19-27(15-1-2-16-27)17-14-26(31)25-5-3-4-21-18-28-22(10-13-24(21)25)9-6-20-7-11-23(30)12-8-20/h3-6,9,13,18,20,23,29-30H,1-2,7-8,11-12,14-17,19H2/p+1/b9-6+. The molecule has 0 aromatic heterocycles. The molecule has 1 aliphatic heterocycles. The van der Waals surface area contributed by atoms with Crippen molar-refractivity contribution < 1.29 is 15.0 Å². The summed E-state index contributed by atoms with van der Waals surface area (Å²) in [7, 11) is 0. The van der Waals surface area contributed by atoms with Crippen molar-refractivity contribution in [1.29, 1.82) is 0 Å². The Kier molecular flexibility index (Phi) is 7.02. The van der Waals surface area contributed by atoms with Gasteiger partial charge in [0.2, 0.25) is 0 Å². The number of hydrogen-bond acceptors (Lipinski definition) is 3. The Labute approximate surface area is 185 Å². The fourth-order valence-corrected chi connectivity index (χ4v) is 5.18. The van der Waals surface area contributed by atoms with Gasteiger partial charge in [-0.25, -0.2) is 4.99 Å². The number of hydrogen-bond donors (Lipinski definition) is 1. The van der Waals surface area contributed by atoms with Gasteiger partial charge in [0.05, 0.1) is 0 Å². The van der Waals surface area contributed by atoms with Crippen molar-refractivity contribution >= 4 is 18.1 Å². The summed E-state index contributed by atoms with van der Waals surface area (Å²) in [6, 6.07) is 5.80. The summed E-state index contributed by atoms with van der Waals surface area (Å²) in [5.41, 5.74) is 6.54. The molecule has 2 saturated carbocycles. The molecular weight excluding hydrogens is 386 g/mol. The predicted molar refractivity (Wildman–Crippen MR) is 126 cm³/mol. The highest BCUT2D eigenvalue weighted by Gasteiger charge is 2.33. The second-order valence-electron chi connectivity index (χ2n) is 9.50. The maximum absolute atomic E-state index is 13.1. The SMILES string of the molecule is O=C(CCC1(CO)CCCC1)c1cccc2c1C=C=C(/C=C/C1CCC([OH2+])CC1)N=C2. The summed E-state index contributed by atoms with van der Waals surface area (Å²) in [4.78, 5) is 17.7. The maximum atomic E-state index is 13.1. The molecule has 0 radical (unpaired) electrons. The number of aliphatic hydroxyl groups is 1. The van der Waals surface area contributed by atoms with Crippen LogP contribution in [-0.2, 0) is 0 Å². The first kappa shape index (κ1) is 22.0. The molecule has 1 aromatic carbocycles. The van der Waals surface area contributed by atoms with E-state index in [1.807, 2.05) is 36.6 Å². The van der Waals surface area contributed by atoms with Crippen LogP contribution in [0, 0.1) is 11.3 Å². The Morgan fingerprint density at radius 1 is 1.23 bits per heavy atom. The summed E-state index contributed by atoms with van der Waals surface area (Å²) in [5.74, 6) is 0.650. The molecule has 0 amide bonds. The first-order valence-corrected chi connectivity index (χ1v) is 11.8. The van der Waals surface area contributed by atoms with Crippen LogP contribution in [0.2, 0.25) is 0 Å². The summed E-state index contributed by atoms with van der Waals surface area (Å²) in [5, 5.41) is 17.7. The Morgan fingerprint density at radius 2 is 2.00 bits per heavy atom. The molecule has 2 aliphatic carbocycles. The Morgan fingerprint density at radius 3 is 2.74 bits per heavy atom. The fourth-order valence-electron chi connectivity index (χ4n) is 5.18. The topological polar surface area (TPSA) is 72.6 Å². The van der Waals surface area contributed by atoms with E-state index in [1.165, 1.54) is 0 Å². The van der Waals surface area contributed by atoms with E-state index in [0.29, 0.717) is 12.3 Å². The van der Waals surface area contributed by atoms with Crippen LogP contribution in [0.3, 0.4) is 0 Å². The number of aliphatic imine (C=N–C) groups is 1. The maximum Gasteiger partial charge on any atom is 0.163 e. The van der Waals surface area contributed by atoms with E-state index in [4.69, 9.17) is 5.11 Å². The van der Waals surface area contributed by atoms with Crippen LogP contribution in [0.4, 0.5) is 0 Å². The monoisotopic (exact) mass is 420 g/mol. The Balaban J connectivity index is 1.48. The van der Waals surface area contributed by atoms with Crippen molar-refractivity contribution in [2.24, 2.45) is 16.3 Å². The van der Waals surface area contributed by atoms with Gasteiger partial charge in [-0.05, 0) is 55.6 Å². The number of carbonyl (C=O) groups excluding carboxylic acids is 1. The van der Waals surface area contributed by atoms with Crippen LogP contribution in [0.1, 0.15) is 85.7 Å². The van der Waals surface area contributed by atoms with Gasteiger partial charge in [-0.2, -0.15) is 0 Å². The number of rotatable bonds is 7. The largest absolute Gasteiger partial charge is 0.443 e. The average Bonchev–Trinajstić information content (AvgIpc) is 3.17. The number of aliphatic hydroxyl groups excluding tert-OH is 1. The highest BCUT2D eigenvalue weighted by molar-refractivity contribution is 6.03. The lowest BCUT2D eigenvalue weighted by atomic mass is 9.81. The van der Waals surface area contributed by atoms with E-state index in [2.05, 4.69) is 16.8 Å². The quantitative estimate of drug-likeness (QED) is 0.384. The first-order chi connectivity index (χ1) is 15.1. The average molecular weight is 421 g/mol. The number of carbonyl (C=O) groups is 1. The van der Waals surface area contributed by atoms with Crippen LogP contribution < -0.4 is 0 Å². The minimum atomic E-state index is -0.0599. The molecule has 0 unspecified atom stereocenters. The van der Waals surface area contributed by atoms with Crippen LogP contribution in [-0.4, -0.2) is 34.9 Å². The molecule has 1 aromatic rings. The van der Waals surface area contributed by atoms with E-state index in [1.54, 1.807) is 0 Å². The summed E-state index contributed by atoms with van der Waals surface area (Å²) in [6.45, 7) is 0.182. The molecular formula is C27H34NO3+. The minimum Gasteiger partial charge on any atom is -0.443 e. The molecule has 164 valence electrons. The second-order valence-corrected chi connectivity index (χ2v) is 9.50. The molecule has 0 saturated heterocycles. The van der Waals surface area contributed by atoms with Crippen molar-refractivity contribution in [2.75, 3.05) is 6.61 Å². The third kappa shape index (κ3) is 5.33. The molecule has 3 N–H and O–H groups in total. The smallest absolute Gasteiger partial charge is 0.163 e. The van der Waals surface area contributed by atoms with Gasteiger partial charge < -0.3 is 10.2 Å². The van der Waals surface area contributed by atoms with E-state index in [0.717, 1.165) is 80.2 Å². The molecule has 2 fully saturated rings. The highest BCUT2D eigenvalue weighted by Crippen LogP contribution is 2.41. The van der Waals surface area contributed by atoms with E-state index >= 15 is 0 Å². The van der Waals surface area contributed by atoms with Crippen molar-refractivity contribution in [2.45, 2.75) is 70.3 Å². The minimum absolute atomic E-state index is 0.0599. The molecule has 0 atom stereocenters. The van der Waals surface area contributed by atoms with E-state index in [9.17, 15) is 9.90 Å². The van der Waals surface area contributed by atoms with Crippen molar-refractivity contribution in [3.8, 4) is 0 Å². The van der Waals surface area contributed by atoms with Crippen LogP contribution >= 0.6 is 0 Å². The van der Waals surface area contributed by atoms with Gasteiger partial charge in [0, 0.05) is 48.8 Å². The van der Waals surface area contributed by atoms with Gasteiger partial charge in [0.15, 0.2) is 11.9 Å². The van der Waals surface area contributed by atoms with E-state index in [-0.39, 0.29) is 23.9 Å².